The SMILES string of the molecule is CC1(C)CCCC1C(=O)c1ccc(Br)c(Cl)c1F. The average Bonchev–Trinajstić information content (AvgIpc) is 2.65. The Morgan fingerprint density at radius 1 is 1.50 bits per heavy atom. The van der Waals surface area contributed by atoms with Crippen molar-refractivity contribution in [1.82, 2.24) is 0 Å². The maximum Gasteiger partial charge on any atom is 0.169 e. The van der Waals surface area contributed by atoms with Gasteiger partial charge in [0.1, 0.15) is 0 Å². The minimum Gasteiger partial charge on any atom is -0.294 e. The molecule has 1 nitrogen and oxygen atoms in total. The van der Waals surface area contributed by atoms with Crippen LogP contribution in [0, 0.1) is 17.2 Å². The molecule has 0 aliphatic heterocycles. The van der Waals surface area contributed by atoms with Crippen LogP contribution in [-0.4, -0.2) is 5.78 Å². The second kappa shape index (κ2) is 4.93. The van der Waals surface area contributed by atoms with Crippen LogP contribution in [0.1, 0.15) is 43.5 Å². The third-order valence-electron chi connectivity index (χ3n) is 3.87. The molecule has 2 rings (SSSR count). The standard InChI is InChI=1S/C14H15BrClFO/c1-14(2)7-3-4-9(14)13(18)8-5-6-10(15)11(16)12(8)17/h5-6,9H,3-4,7H2,1-2H3. The first-order valence-corrected chi connectivity index (χ1v) is 7.19. The Morgan fingerprint density at radius 2 is 2.17 bits per heavy atom. The van der Waals surface area contributed by atoms with E-state index in [1.165, 1.54) is 6.07 Å². The molecule has 1 unspecified atom stereocenters. The van der Waals surface area contributed by atoms with Gasteiger partial charge in [-0.25, -0.2) is 4.39 Å². The molecular weight excluding hydrogens is 319 g/mol. The first-order valence-electron chi connectivity index (χ1n) is 6.02. The molecule has 1 atom stereocenters. The molecule has 1 aromatic carbocycles. The highest BCUT2D eigenvalue weighted by atomic mass is 79.9. The smallest absolute Gasteiger partial charge is 0.169 e. The molecule has 0 spiro atoms. The van der Waals surface area contributed by atoms with Gasteiger partial charge in [-0.3, -0.25) is 4.79 Å². The van der Waals surface area contributed by atoms with Crippen LogP contribution in [0.3, 0.4) is 0 Å². The average molecular weight is 334 g/mol. The topological polar surface area (TPSA) is 17.1 Å². The van der Waals surface area contributed by atoms with Crippen molar-refractivity contribution in [1.29, 1.82) is 0 Å². The molecule has 98 valence electrons. The van der Waals surface area contributed by atoms with Crippen LogP contribution in [0.2, 0.25) is 5.02 Å². The minimum atomic E-state index is -0.612. The Bertz CT molecular complexity index is 499. The van der Waals surface area contributed by atoms with Gasteiger partial charge < -0.3 is 0 Å². The van der Waals surface area contributed by atoms with Crippen molar-refractivity contribution in [3.8, 4) is 0 Å². The number of carbonyl (C=O) groups is 1. The number of hydrogen-bond donors (Lipinski definition) is 0. The van der Waals surface area contributed by atoms with Crippen LogP contribution in [0.4, 0.5) is 4.39 Å². The van der Waals surface area contributed by atoms with E-state index in [2.05, 4.69) is 29.8 Å². The minimum absolute atomic E-state index is 0.0170. The summed E-state index contributed by atoms with van der Waals surface area (Å²) >= 11 is 8.98. The van der Waals surface area contributed by atoms with Gasteiger partial charge in [-0.1, -0.05) is 31.9 Å². The second-order valence-electron chi connectivity index (χ2n) is 5.52. The molecule has 0 aromatic heterocycles. The van der Waals surface area contributed by atoms with E-state index in [4.69, 9.17) is 11.6 Å². The molecule has 1 fully saturated rings. The summed E-state index contributed by atoms with van der Waals surface area (Å²) in [6.45, 7) is 4.14. The predicted molar refractivity (Wildman–Crippen MR) is 74.6 cm³/mol. The zero-order valence-electron chi connectivity index (χ0n) is 10.4. The molecule has 1 aromatic rings. The Kier molecular flexibility index (Phi) is 3.84. The van der Waals surface area contributed by atoms with Crippen LogP contribution < -0.4 is 0 Å². The van der Waals surface area contributed by atoms with Crippen LogP contribution >= 0.6 is 27.5 Å². The number of ketones is 1. The lowest BCUT2D eigenvalue weighted by molar-refractivity contribution is 0.0835. The highest BCUT2D eigenvalue weighted by Crippen LogP contribution is 2.44. The highest BCUT2D eigenvalue weighted by molar-refractivity contribution is 9.10. The first kappa shape index (κ1) is 14.0. The molecule has 0 bridgehead atoms. The van der Waals surface area contributed by atoms with Gasteiger partial charge in [0.05, 0.1) is 10.6 Å². The van der Waals surface area contributed by atoms with Gasteiger partial charge in [-0.05, 0) is 46.3 Å². The number of benzene rings is 1. The molecule has 0 N–H and O–H groups in total. The normalized spacial score (nSPS) is 22.2. The monoisotopic (exact) mass is 332 g/mol. The fraction of sp³-hybridized carbons (Fsp3) is 0.500. The van der Waals surface area contributed by atoms with Crippen LogP contribution in [-0.2, 0) is 0 Å². The Morgan fingerprint density at radius 3 is 2.72 bits per heavy atom. The van der Waals surface area contributed by atoms with Gasteiger partial charge >= 0.3 is 0 Å². The van der Waals surface area contributed by atoms with Crippen molar-refractivity contribution in [2.24, 2.45) is 11.3 Å². The van der Waals surface area contributed by atoms with Crippen LogP contribution in [0.15, 0.2) is 16.6 Å². The van der Waals surface area contributed by atoms with Crippen LogP contribution in [0.5, 0.6) is 0 Å². The number of Topliss-reactive ketones (excluding diaryl/α,β-unsaturated/α-hetero) is 1. The van der Waals surface area contributed by atoms with Gasteiger partial charge in [-0.2, -0.15) is 0 Å². The zero-order chi connectivity index (χ0) is 13.5. The molecule has 0 saturated heterocycles. The predicted octanol–water partition coefficient (Wildman–Crippen LogP) is 5.25. The van der Waals surface area contributed by atoms with Crippen molar-refractivity contribution >= 4 is 33.3 Å². The van der Waals surface area contributed by atoms with E-state index in [9.17, 15) is 9.18 Å². The molecule has 1 aliphatic carbocycles. The van der Waals surface area contributed by atoms with Crippen molar-refractivity contribution < 1.29 is 9.18 Å². The fourth-order valence-electron chi connectivity index (χ4n) is 2.72. The van der Waals surface area contributed by atoms with E-state index in [1.54, 1.807) is 6.07 Å². The lowest BCUT2D eigenvalue weighted by Gasteiger charge is -2.26. The maximum atomic E-state index is 14.0. The van der Waals surface area contributed by atoms with E-state index in [-0.39, 0.29) is 27.7 Å². The molecule has 1 aliphatic rings. The van der Waals surface area contributed by atoms with Gasteiger partial charge in [0.25, 0.3) is 0 Å². The molecule has 0 amide bonds. The number of rotatable bonds is 2. The lowest BCUT2D eigenvalue weighted by atomic mass is 9.77. The Hall–Kier alpha value is -0.410. The third-order valence-corrected chi connectivity index (χ3v) is 5.13. The van der Waals surface area contributed by atoms with E-state index in [0.717, 1.165) is 19.3 Å². The molecular formula is C14H15BrClFO. The number of carbonyl (C=O) groups excluding carboxylic acids is 1. The van der Waals surface area contributed by atoms with E-state index < -0.39 is 5.82 Å². The molecule has 18 heavy (non-hydrogen) atoms. The van der Waals surface area contributed by atoms with Crippen molar-refractivity contribution in [2.75, 3.05) is 0 Å². The summed E-state index contributed by atoms with van der Waals surface area (Å²) < 4.78 is 14.5. The summed E-state index contributed by atoms with van der Waals surface area (Å²) in [5.41, 5.74) is 0.0615. The highest BCUT2D eigenvalue weighted by Gasteiger charge is 2.40. The summed E-state index contributed by atoms with van der Waals surface area (Å²) in [5, 5.41) is -0.0170. The summed E-state index contributed by atoms with van der Waals surface area (Å²) in [5.74, 6) is -0.840. The second-order valence-corrected chi connectivity index (χ2v) is 6.75. The fourth-order valence-corrected chi connectivity index (χ4v) is 3.19. The van der Waals surface area contributed by atoms with Gasteiger partial charge in [0.15, 0.2) is 11.6 Å². The summed E-state index contributed by atoms with van der Waals surface area (Å²) in [6.07, 6.45) is 2.86. The summed E-state index contributed by atoms with van der Waals surface area (Å²) in [4.78, 5) is 12.4. The molecule has 1 saturated carbocycles. The molecule has 0 heterocycles. The zero-order valence-corrected chi connectivity index (χ0v) is 12.7. The van der Waals surface area contributed by atoms with Gasteiger partial charge in [0.2, 0.25) is 0 Å². The maximum absolute atomic E-state index is 14.0. The molecule has 0 radical (unpaired) electrons. The van der Waals surface area contributed by atoms with E-state index in [1.807, 2.05) is 0 Å². The van der Waals surface area contributed by atoms with Crippen molar-refractivity contribution in [3.05, 3.63) is 33.0 Å². The van der Waals surface area contributed by atoms with Gasteiger partial charge in [-0.15, -0.1) is 0 Å². The number of halogens is 3. The number of hydrogen-bond acceptors (Lipinski definition) is 1. The Balaban J connectivity index is 2.38. The third kappa shape index (κ3) is 2.35. The van der Waals surface area contributed by atoms with E-state index >= 15 is 0 Å². The Labute approximate surface area is 120 Å². The lowest BCUT2D eigenvalue weighted by Crippen LogP contribution is -2.26. The quantitative estimate of drug-likeness (QED) is 0.533. The molecule has 4 heteroatoms. The van der Waals surface area contributed by atoms with Crippen molar-refractivity contribution in [3.63, 3.8) is 0 Å². The van der Waals surface area contributed by atoms with Crippen LogP contribution in [0.25, 0.3) is 0 Å². The summed E-state index contributed by atoms with van der Waals surface area (Å²) in [6, 6.07) is 3.14. The van der Waals surface area contributed by atoms with Gasteiger partial charge in [0, 0.05) is 10.4 Å². The largest absolute Gasteiger partial charge is 0.294 e. The van der Waals surface area contributed by atoms with Crippen molar-refractivity contribution in [2.45, 2.75) is 33.1 Å². The summed E-state index contributed by atoms with van der Waals surface area (Å²) in [7, 11) is 0. The van der Waals surface area contributed by atoms with E-state index in [0.29, 0.717) is 4.47 Å². The first-order chi connectivity index (χ1) is 8.34.